The van der Waals surface area contributed by atoms with Gasteiger partial charge in [0.15, 0.2) is 0 Å². The van der Waals surface area contributed by atoms with Gasteiger partial charge in [-0.3, -0.25) is 0 Å². The van der Waals surface area contributed by atoms with Gasteiger partial charge >= 0.3 is 0 Å². The molecule has 1 saturated heterocycles. The van der Waals surface area contributed by atoms with E-state index in [0.717, 1.165) is 11.5 Å². The lowest BCUT2D eigenvalue weighted by atomic mass is 10.2. The minimum Gasteiger partial charge on any atom is -0.308 e. The van der Waals surface area contributed by atoms with E-state index in [2.05, 4.69) is 5.32 Å². The molecule has 0 aliphatic carbocycles. The van der Waals surface area contributed by atoms with Crippen molar-refractivity contribution >= 4 is 35.1 Å². The topological polar surface area (TPSA) is 12.0 Å². The second-order valence-corrected chi connectivity index (χ2v) is 6.63. The minimum absolute atomic E-state index is 0.223. The number of rotatable bonds is 3. The van der Waals surface area contributed by atoms with Gasteiger partial charge in [-0.25, -0.2) is 4.39 Å². The van der Waals surface area contributed by atoms with Crippen molar-refractivity contribution in [1.29, 1.82) is 0 Å². The molecule has 1 heterocycles. The molecule has 0 radical (unpaired) electrons. The first-order chi connectivity index (χ1) is 8.27. The highest BCUT2D eigenvalue weighted by molar-refractivity contribution is 8.03. The van der Waals surface area contributed by atoms with Crippen LogP contribution in [0.15, 0.2) is 18.2 Å². The van der Waals surface area contributed by atoms with Gasteiger partial charge in [0.1, 0.15) is 5.82 Å². The van der Waals surface area contributed by atoms with E-state index in [1.807, 2.05) is 23.5 Å². The maximum absolute atomic E-state index is 13.6. The zero-order valence-corrected chi connectivity index (χ0v) is 11.8. The molecule has 0 bridgehead atoms. The summed E-state index contributed by atoms with van der Waals surface area (Å²) in [6, 6.07) is 5.28. The van der Waals surface area contributed by atoms with E-state index >= 15 is 0 Å². The van der Waals surface area contributed by atoms with Gasteiger partial charge < -0.3 is 5.32 Å². The van der Waals surface area contributed by atoms with Crippen molar-refractivity contribution < 1.29 is 4.39 Å². The summed E-state index contributed by atoms with van der Waals surface area (Å²) in [6.07, 6.45) is 0. The van der Waals surface area contributed by atoms with Gasteiger partial charge in [-0.05, 0) is 12.1 Å². The van der Waals surface area contributed by atoms with Crippen LogP contribution < -0.4 is 5.32 Å². The summed E-state index contributed by atoms with van der Waals surface area (Å²) >= 11 is 9.90. The molecule has 1 aliphatic rings. The van der Waals surface area contributed by atoms with Gasteiger partial charge in [0.2, 0.25) is 0 Å². The fourth-order valence-electron chi connectivity index (χ4n) is 1.68. The third-order valence-corrected chi connectivity index (χ3v) is 5.51. The molecular weight excluding hydrogens is 277 g/mol. The molecule has 1 nitrogen and oxygen atoms in total. The first-order valence-corrected chi connectivity index (χ1v) is 8.28. The van der Waals surface area contributed by atoms with Crippen molar-refractivity contribution in [1.82, 2.24) is 5.32 Å². The Balaban J connectivity index is 1.92. The summed E-state index contributed by atoms with van der Waals surface area (Å²) in [6.45, 7) is 0.511. The Labute approximate surface area is 115 Å². The van der Waals surface area contributed by atoms with Crippen LogP contribution in [0.4, 0.5) is 4.39 Å². The number of halogens is 2. The van der Waals surface area contributed by atoms with Crippen LogP contribution in [0, 0.1) is 5.82 Å². The molecule has 1 N–H and O–H groups in total. The molecule has 5 heteroatoms. The van der Waals surface area contributed by atoms with Crippen molar-refractivity contribution in [3.63, 3.8) is 0 Å². The molecule has 0 unspecified atom stereocenters. The molecular formula is C12H15ClFNS2. The van der Waals surface area contributed by atoms with E-state index in [0.29, 0.717) is 23.2 Å². The molecule has 1 aliphatic heterocycles. The van der Waals surface area contributed by atoms with Crippen LogP contribution in [0.1, 0.15) is 5.56 Å². The van der Waals surface area contributed by atoms with E-state index < -0.39 is 0 Å². The van der Waals surface area contributed by atoms with Crippen molar-refractivity contribution in [3.05, 3.63) is 34.6 Å². The Morgan fingerprint density at radius 2 is 2.00 bits per heavy atom. The summed E-state index contributed by atoms with van der Waals surface area (Å²) in [5, 5.41) is 3.90. The number of hydrogen-bond donors (Lipinski definition) is 1. The fraction of sp³-hybridized carbons (Fsp3) is 0.500. The lowest BCUT2D eigenvalue weighted by Gasteiger charge is -2.16. The molecule has 2 rings (SSSR count). The van der Waals surface area contributed by atoms with E-state index in [1.165, 1.54) is 17.6 Å². The van der Waals surface area contributed by atoms with Crippen molar-refractivity contribution in [2.24, 2.45) is 0 Å². The zero-order chi connectivity index (χ0) is 12.1. The van der Waals surface area contributed by atoms with Gasteiger partial charge in [-0.15, -0.1) is 0 Å². The van der Waals surface area contributed by atoms with E-state index in [-0.39, 0.29) is 5.82 Å². The highest BCUT2D eigenvalue weighted by Gasteiger charge is 2.14. The van der Waals surface area contributed by atoms with Gasteiger partial charge in [-0.2, -0.15) is 23.5 Å². The quantitative estimate of drug-likeness (QED) is 0.916. The largest absolute Gasteiger partial charge is 0.308 e. The average Bonchev–Trinajstić information content (AvgIpc) is 2.57. The van der Waals surface area contributed by atoms with E-state index in [1.54, 1.807) is 12.1 Å². The SMILES string of the molecule is Fc1cccc(Cl)c1CNC1CSCCSC1. The lowest BCUT2D eigenvalue weighted by molar-refractivity contribution is 0.561. The average molecular weight is 292 g/mol. The van der Waals surface area contributed by atoms with Gasteiger partial charge in [-0.1, -0.05) is 17.7 Å². The number of thioether (sulfide) groups is 2. The van der Waals surface area contributed by atoms with Crippen LogP contribution in [0.25, 0.3) is 0 Å². The Kier molecular flexibility index (Phi) is 5.48. The fourth-order valence-corrected chi connectivity index (χ4v) is 4.38. The van der Waals surface area contributed by atoms with Crippen LogP contribution >= 0.6 is 35.1 Å². The molecule has 0 atom stereocenters. The standard InChI is InChI=1S/C12H15ClFNS2/c13-11-2-1-3-12(14)10(11)6-15-9-7-16-4-5-17-8-9/h1-3,9,15H,4-8H2. The van der Waals surface area contributed by atoms with Crippen LogP contribution in [-0.4, -0.2) is 29.1 Å². The zero-order valence-electron chi connectivity index (χ0n) is 9.42. The molecule has 0 aromatic heterocycles. The second kappa shape index (κ2) is 6.88. The first-order valence-electron chi connectivity index (χ1n) is 5.59. The highest BCUT2D eigenvalue weighted by Crippen LogP contribution is 2.20. The summed E-state index contributed by atoms with van der Waals surface area (Å²) < 4.78 is 13.6. The highest BCUT2D eigenvalue weighted by atomic mass is 35.5. The second-order valence-electron chi connectivity index (χ2n) is 3.93. The van der Waals surface area contributed by atoms with Crippen LogP contribution in [-0.2, 0) is 6.54 Å². The Hall–Kier alpha value is 0.1000. The molecule has 0 saturated carbocycles. The molecule has 1 aromatic carbocycles. The van der Waals surface area contributed by atoms with Crippen molar-refractivity contribution in [3.8, 4) is 0 Å². The molecule has 17 heavy (non-hydrogen) atoms. The Bertz CT molecular complexity index is 347. The van der Waals surface area contributed by atoms with Crippen molar-refractivity contribution in [2.75, 3.05) is 23.0 Å². The predicted octanol–water partition coefficient (Wildman–Crippen LogP) is 3.42. The summed E-state index contributed by atoms with van der Waals surface area (Å²) in [5.41, 5.74) is 0.577. The van der Waals surface area contributed by atoms with Crippen LogP contribution in [0.3, 0.4) is 0 Å². The summed E-state index contributed by atoms with van der Waals surface area (Å²) in [4.78, 5) is 0. The van der Waals surface area contributed by atoms with E-state index in [9.17, 15) is 4.39 Å². The van der Waals surface area contributed by atoms with Crippen molar-refractivity contribution in [2.45, 2.75) is 12.6 Å². The minimum atomic E-state index is -0.223. The number of nitrogens with one attached hydrogen (secondary N) is 1. The third kappa shape index (κ3) is 4.05. The first kappa shape index (κ1) is 13.5. The third-order valence-electron chi connectivity index (χ3n) is 2.64. The van der Waals surface area contributed by atoms with Crippen LogP contribution in [0.2, 0.25) is 5.02 Å². The van der Waals surface area contributed by atoms with Crippen LogP contribution in [0.5, 0.6) is 0 Å². The molecule has 0 spiro atoms. The number of hydrogen-bond acceptors (Lipinski definition) is 3. The molecule has 0 amide bonds. The van der Waals surface area contributed by atoms with E-state index in [4.69, 9.17) is 11.6 Å². The Morgan fingerprint density at radius 1 is 1.29 bits per heavy atom. The summed E-state index contributed by atoms with van der Waals surface area (Å²) in [5.74, 6) is 4.39. The molecule has 1 fully saturated rings. The lowest BCUT2D eigenvalue weighted by Crippen LogP contribution is -2.33. The van der Waals surface area contributed by atoms with Gasteiger partial charge in [0.25, 0.3) is 0 Å². The molecule has 1 aromatic rings. The Morgan fingerprint density at radius 3 is 2.65 bits per heavy atom. The molecule has 94 valence electrons. The number of benzene rings is 1. The maximum atomic E-state index is 13.6. The normalized spacial score (nSPS) is 18.0. The van der Waals surface area contributed by atoms with Gasteiger partial charge in [0.05, 0.1) is 0 Å². The smallest absolute Gasteiger partial charge is 0.129 e. The summed E-state index contributed by atoms with van der Waals surface area (Å²) in [7, 11) is 0. The van der Waals surface area contributed by atoms with Gasteiger partial charge in [0, 0.05) is 46.2 Å². The maximum Gasteiger partial charge on any atom is 0.129 e. The predicted molar refractivity (Wildman–Crippen MR) is 76.7 cm³/mol. The monoisotopic (exact) mass is 291 g/mol.